The monoisotopic (exact) mass is 348 g/mol. The van der Waals surface area contributed by atoms with Crippen molar-refractivity contribution in [2.75, 3.05) is 37.7 Å². The molecule has 7 nitrogen and oxygen atoms in total. The molecule has 25 heavy (non-hydrogen) atoms. The maximum atomic E-state index is 12.0. The van der Waals surface area contributed by atoms with Gasteiger partial charge in [0.05, 0.1) is 13.2 Å². The molecule has 2 rings (SSSR count). The van der Waals surface area contributed by atoms with Crippen molar-refractivity contribution >= 4 is 17.6 Å². The lowest BCUT2D eigenvalue weighted by Gasteiger charge is -2.29. The van der Waals surface area contributed by atoms with E-state index >= 15 is 0 Å². The second-order valence-corrected chi connectivity index (χ2v) is 6.16. The molecular formula is C18H28N4O3. The van der Waals surface area contributed by atoms with Crippen molar-refractivity contribution < 1.29 is 14.3 Å². The Labute approximate surface area is 149 Å². The van der Waals surface area contributed by atoms with Gasteiger partial charge in [-0.25, -0.2) is 4.98 Å². The van der Waals surface area contributed by atoms with Gasteiger partial charge in [0.15, 0.2) is 0 Å². The Morgan fingerprint density at radius 1 is 1.20 bits per heavy atom. The number of aromatic nitrogens is 1. The summed E-state index contributed by atoms with van der Waals surface area (Å²) in [5, 5.41) is 5.74. The van der Waals surface area contributed by atoms with E-state index < -0.39 is 0 Å². The molecule has 138 valence electrons. The lowest BCUT2D eigenvalue weighted by molar-refractivity contribution is -0.121. The molecule has 0 radical (unpaired) electrons. The van der Waals surface area contributed by atoms with Gasteiger partial charge in [-0.3, -0.25) is 9.59 Å². The normalized spacial score (nSPS) is 14.2. The highest BCUT2D eigenvalue weighted by atomic mass is 16.5. The van der Waals surface area contributed by atoms with Crippen LogP contribution in [0.15, 0.2) is 18.3 Å². The molecule has 1 aromatic rings. The number of anilines is 1. The molecule has 2 amide bonds. The largest absolute Gasteiger partial charge is 0.378 e. The van der Waals surface area contributed by atoms with Gasteiger partial charge in [-0.1, -0.05) is 12.5 Å². The number of pyridine rings is 1. The smallest absolute Gasteiger partial charge is 0.220 e. The summed E-state index contributed by atoms with van der Waals surface area (Å²) in [6.45, 7) is 5.75. The third kappa shape index (κ3) is 7.09. The Kier molecular flexibility index (Phi) is 8.18. The molecule has 1 aliphatic heterocycles. The average molecular weight is 348 g/mol. The number of nitrogens with one attached hydrogen (secondary N) is 2. The maximum absolute atomic E-state index is 12.0. The number of nitrogens with zero attached hydrogens (tertiary/aromatic N) is 2. The summed E-state index contributed by atoms with van der Waals surface area (Å²) in [7, 11) is 0. The van der Waals surface area contributed by atoms with Crippen LogP contribution >= 0.6 is 0 Å². The van der Waals surface area contributed by atoms with Gasteiger partial charge in [0.25, 0.3) is 0 Å². The van der Waals surface area contributed by atoms with Crippen molar-refractivity contribution in [2.24, 2.45) is 0 Å². The summed E-state index contributed by atoms with van der Waals surface area (Å²) >= 11 is 0. The molecule has 1 aromatic heterocycles. The van der Waals surface area contributed by atoms with E-state index in [-0.39, 0.29) is 11.8 Å². The molecular weight excluding hydrogens is 320 g/mol. The van der Waals surface area contributed by atoms with Crippen LogP contribution in [-0.4, -0.2) is 49.6 Å². The van der Waals surface area contributed by atoms with Crippen LogP contribution < -0.4 is 15.5 Å². The molecule has 0 bridgehead atoms. The van der Waals surface area contributed by atoms with Crippen LogP contribution in [0.4, 0.5) is 5.82 Å². The van der Waals surface area contributed by atoms with Crippen LogP contribution in [0.5, 0.6) is 0 Å². The lowest BCUT2D eigenvalue weighted by atomic mass is 10.1. The Bertz CT molecular complexity index is 559. The van der Waals surface area contributed by atoms with Crippen LogP contribution in [0.3, 0.4) is 0 Å². The molecule has 0 saturated carbocycles. The van der Waals surface area contributed by atoms with Gasteiger partial charge in [-0.15, -0.1) is 0 Å². The lowest BCUT2D eigenvalue weighted by Crippen LogP contribution is -2.37. The van der Waals surface area contributed by atoms with Crippen LogP contribution in [-0.2, 0) is 20.9 Å². The Morgan fingerprint density at radius 3 is 2.76 bits per heavy atom. The van der Waals surface area contributed by atoms with Gasteiger partial charge in [-0.2, -0.15) is 0 Å². The second-order valence-electron chi connectivity index (χ2n) is 6.16. The first-order valence-corrected chi connectivity index (χ1v) is 8.94. The van der Waals surface area contributed by atoms with Crippen molar-refractivity contribution in [2.45, 2.75) is 39.2 Å². The van der Waals surface area contributed by atoms with Gasteiger partial charge in [0.1, 0.15) is 5.82 Å². The van der Waals surface area contributed by atoms with E-state index in [1.165, 1.54) is 6.92 Å². The van der Waals surface area contributed by atoms with Crippen molar-refractivity contribution in [3.05, 3.63) is 23.9 Å². The fourth-order valence-corrected chi connectivity index (χ4v) is 2.76. The summed E-state index contributed by atoms with van der Waals surface area (Å²) in [5.41, 5.74) is 1.03. The second kappa shape index (κ2) is 10.7. The number of carbonyl (C=O) groups is 2. The van der Waals surface area contributed by atoms with Crippen LogP contribution in [0.1, 0.15) is 38.2 Å². The summed E-state index contributed by atoms with van der Waals surface area (Å²) in [4.78, 5) is 29.4. The van der Waals surface area contributed by atoms with Crippen molar-refractivity contribution in [3.63, 3.8) is 0 Å². The van der Waals surface area contributed by atoms with Gasteiger partial charge < -0.3 is 20.3 Å². The highest BCUT2D eigenvalue weighted by Gasteiger charge is 2.16. The zero-order valence-corrected chi connectivity index (χ0v) is 14.9. The molecule has 7 heteroatoms. The van der Waals surface area contributed by atoms with Crippen molar-refractivity contribution in [1.82, 2.24) is 15.6 Å². The third-order valence-electron chi connectivity index (χ3n) is 4.11. The fourth-order valence-electron chi connectivity index (χ4n) is 2.76. The molecule has 0 aromatic carbocycles. The van der Waals surface area contributed by atoms with Gasteiger partial charge in [-0.05, 0) is 18.9 Å². The predicted octanol–water partition coefficient (Wildman–Crippen LogP) is 1.23. The minimum atomic E-state index is -0.00899. The standard InChI is InChI=1S/C18H28N4O3/c1-15(23)19-8-4-2-3-7-17(24)21-14-16-6-5-9-20-18(16)22-10-12-25-13-11-22/h5-6,9H,2-4,7-8,10-14H2,1H3,(H,19,23)(H,21,24). The Hall–Kier alpha value is -2.15. The number of hydrogen-bond acceptors (Lipinski definition) is 5. The van der Waals surface area contributed by atoms with E-state index in [9.17, 15) is 9.59 Å². The highest BCUT2D eigenvalue weighted by molar-refractivity contribution is 5.76. The minimum Gasteiger partial charge on any atom is -0.378 e. The molecule has 2 N–H and O–H groups in total. The van der Waals surface area contributed by atoms with E-state index in [4.69, 9.17) is 4.74 Å². The Morgan fingerprint density at radius 2 is 2.00 bits per heavy atom. The molecule has 2 heterocycles. The molecule has 1 saturated heterocycles. The van der Waals surface area contributed by atoms with Gasteiger partial charge >= 0.3 is 0 Å². The van der Waals surface area contributed by atoms with Gasteiger partial charge in [0.2, 0.25) is 11.8 Å². The molecule has 0 aliphatic carbocycles. The summed E-state index contributed by atoms with van der Waals surface area (Å²) in [6, 6.07) is 3.90. The zero-order valence-electron chi connectivity index (χ0n) is 14.9. The van der Waals surface area contributed by atoms with E-state index in [1.54, 1.807) is 6.20 Å². The van der Waals surface area contributed by atoms with E-state index in [0.717, 1.165) is 43.7 Å². The van der Waals surface area contributed by atoms with Crippen LogP contribution in [0, 0.1) is 0 Å². The van der Waals surface area contributed by atoms with Crippen LogP contribution in [0.25, 0.3) is 0 Å². The molecule has 0 spiro atoms. The molecule has 1 aliphatic rings. The van der Waals surface area contributed by atoms with Crippen molar-refractivity contribution in [3.8, 4) is 0 Å². The first-order valence-electron chi connectivity index (χ1n) is 8.94. The maximum Gasteiger partial charge on any atom is 0.220 e. The summed E-state index contributed by atoms with van der Waals surface area (Å²) < 4.78 is 5.38. The molecule has 0 unspecified atom stereocenters. The number of hydrogen-bond donors (Lipinski definition) is 2. The number of carbonyl (C=O) groups excluding carboxylic acids is 2. The number of amides is 2. The summed E-state index contributed by atoms with van der Waals surface area (Å²) in [5.74, 6) is 0.975. The first kappa shape index (κ1) is 19.2. The van der Waals surface area contributed by atoms with Crippen LogP contribution in [0.2, 0.25) is 0 Å². The topological polar surface area (TPSA) is 83.6 Å². The fraction of sp³-hybridized carbons (Fsp3) is 0.611. The number of unbranched alkanes of at least 4 members (excludes halogenated alkanes) is 2. The van der Waals surface area contributed by atoms with E-state index in [1.807, 2.05) is 12.1 Å². The number of ether oxygens (including phenoxy) is 1. The first-order chi connectivity index (χ1) is 12.2. The highest BCUT2D eigenvalue weighted by Crippen LogP contribution is 2.18. The Balaban J connectivity index is 1.70. The quantitative estimate of drug-likeness (QED) is 0.656. The molecule has 0 atom stereocenters. The van der Waals surface area contributed by atoms with Crippen molar-refractivity contribution in [1.29, 1.82) is 0 Å². The minimum absolute atomic E-state index is 0.00899. The zero-order chi connectivity index (χ0) is 17.9. The predicted molar refractivity (Wildman–Crippen MR) is 96.3 cm³/mol. The summed E-state index contributed by atoms with van der Waals surface area (Å²) in [6.07, 6.45) is 4.95. The molecule has 1 fully saturated rings. The number of rotatable bonds is 9. The van der Waals surface area contributed by atoms with Gasteiger partial charge in [0, 0.05) is 51.3 Å². The third-order valence-corrected chi connectivity index (χ3v) is 4.11. The average Bonchev–Trinajstić information content (AvgIpc) is 2.63. The van der Waals surface area contributed by atoms with E-state index in [0.29, 0.717) is 32.7 Å². The number of morpholine rings is 1. The van der Waals surface area contributed by atoms with E-state index in [2.05, 4.69) is 20.5 Å². The SMILES string of the molecule is CC(=O)NCCCCCC(=O)NCc1cccnc1N1CCOCC1.